The molecule has 3 heteroatoms. The molecule has 12 aromatic rings. The third kappa shape index (κ3) is 4.73. The minimum Gasteiger partial charge on any atom is -0.309 e. The highest BCUT2D eigenvalue weighted by molar-refractivity contribution is 6.26. The Bertz CT molecular complexity index is 3510. The summed E-state index contributed by atoms with van der Waals surface area (Å²) in [4.78, 5) is 0. The van der Waals surface area contributed by atoms with Crippen molar-refractivity contribution in [2.24, 2.45) is 0 Å². The molecular weight excluding hydrogens is 691 g/mol. The zero-order valence-corrected chi connectivity index (χ0v) is 31.0. The van der Waals surface area contributed by atoms with Crippen LogP contribution in [0.25, 0.3) is 105 Å². The lowest BCUT2D eigenvalue weighted by atomic mass is 10.0. The van der Waals surface area contributed by atoms with Crippen molar-refractivity contribution in [3.8, 4) is 39.3 Å². The van der Waals surface area contributed by atoms with E-state index in [4.69, 9.17) is 0 Å². The second kappa shape index (κ2) is 12.5. The maximum absolute atomic E-state index is 2.48. The standard InChI is InChI=1S/C54H35N3/c1-3-16-36(17-4-1)37-18-13-23-41(34-37)57-49-30-11-8-25-44(49)46-32-33-51-52(54(46)57)47-26-9-12-31-50(47)55(51)40-22-14-19-38(35-40)42-27-15-28-45-43-24-7-10-29-48(43)56(53(42)45)39-20-5-2-6-21-39/h1-35H. The van der Waals surface area contributed by atoms with Gasteiger partial charge in [-0.1, -0.05) is 152 Å². The van der Waals surface area contributed by atoms with Crippen molar-refractivity contribution >= 4 is 65.4 Å². The molecule has 0 N–H and O–H groups in total. The lowest BCUT2D eigenvalue weighted by Crippen LogP contribution is -1.97. The monoisotopic (exact) mass is 725 g/mol. The number of aromatic nitrogens is 3. The van der Waals surface area contributed by atoms with E-state index in [0.29, 0.717) is 0 Å². The van der Waals surface area contributed by atoms with Gasteiger partial charge in [0.1, 0.15) is 0 Å². The molecule has 3 nitrogen and oxygen atoms in total. The summed E-state index contributed by atoms with van der Waals surface area (Å²) >= 11 is 0. The van der Waals surface area contributed by atoms with Gasteiger partial charge in [0.2, 0.25) is 0 Å². The largest absolute Gasteiger partial charge is 0.309 e. The first kappa shape index (κ1) is 31.7. The second-order valence-electron chi connectivity index (χ2n) is 14.9. The molecule has 0 amide bonds. The van der Waals surface area contributed by atoms with Crippen molar-refractivity contribution in [2.75, 3.05) is 0 Å². The minimum atomic E-state index is 1.13. The SMILES string of the molecule is c1ccc(-c2cccc(-n3c4ccccc4c4ccc5c(c6ccccc6n5-c5cccc(-c6cccc7c8ccccc8n(-c8ccccc8)c67)c5)c43)c2)cc1. The van der Waals surface area contributed by atoms with Gasteiger partial charge in [0.15, 0.2) is 0 Å². The van der Waals surface area contributed by atoms with Gasteiger partial charge in [-0.05, 0) is 77.4 Å². The van der Waals surface area contributed by atoms with E-state index in [0.717, 1.165) is 17.1 Å². The Hall–Kier alpha value is -7.62. The van der Waals surface area contributed by atoms with Gasteiger partial charge in [-0.25, -0.2) is 0 Å². The fourth-order valence-electron chi connectivity index (χ4n) is 9.42. The fraction of sp³-hybridized carbons (Fsp3) is 0. The second-order valence-corrected chi connectivity index (χ2v) is 14.9. The number of para-hydroxylation sites is 5. The van der Waals surface area contributed by atoms with Gasteiger partial charge in [-0.3, -0.25) is 0 Å². The minimum absolute atomic E-state index is 1.13. The van der Waals surface area contributed by atoms with Gasteiger partial charge in [0, 0.05) is 54.9 Å². The van der Waals surface area contributed by atoms with Crippen LogP contribution < -0.4 is 0 Å². The van der Waals surface area contributed by atoms with E-state index < -0.39 is 0 Å². The van der Waals surface area contributed by atoms with E-state index in [1.807, 2.05) is 0 Å². The smallest absolute Gasteiger partial charge is 0.0641 e. The predicted octanol–water partition coefficient (Wildman–Crippen LogP) is 14.3. The quantitative estimate of drug-likeness (QED) is 0.168. The lowest BCUT2D eigenvalue weighted by Gasteiger charge is -2.14. The van der Waals surface area contributed by atoms with Gasteiger partial charge in [0.05, 0.1) is 33.1 Å². The molecule has 0 unspecified atom stereocenters. The van der Waals surface area contributed by atoms with Crippen molar-refractivity contribution in [1.29, 1.82) is 0 Å². The Morgan fingerprint density at radius 2 is 0.719 bits per heavy atom. The Labute approximate surface area is 329 Å². The van der Waals surface area contributed by atoms with Gasteiger partial charge in [-0.15, -0.1) is 0 Å². The van der Waals surface area contributed by atoms with Crippen LogP contribution in [0.2, 0.25) is 0 Å². The van der Waals surface area contributed by atoms with Crippen LogP contribution in [0.15, 0.2) is 212 Å². The third-order valence-electron chi connectivity index (χ3n) is 11.8. The van der Waals surface area contributed by atoms with Crippen LogP contribution in [0.4, 0.5) is 0 Å². The van der Waals surface area contributed by atoms with E-state index in [2.05, 4.69) is 226 Å². The highest BCUT2D eigenvalue weighted by Crippen LogP contribution is 2.43. The molecule has 12 rings (SSSR count). The van der Waals surface area contributed by atoms with Crippen LogP contribution >= 0.6 is 0 Å². The van der Waals surface area contributed by atoms with Crippen LogP contribution in [-0.2, 0) is 0 Å². The number of nitrogens with zero attached hydrogens (tertiary/aromatic N) is 3. The highest BCUT2D eigenvalue weighted by atomic mass is 15.0. The Kier molecular flexibility index (Phi) is 6.93. The zero-order chi connectivity index (χ0) is 37.5. The number of rotatable bonds is 5. The summed E-state index contributed by atoms with van der Waals surface area (Å²) in [5.41, 5.74) is 15.4. The van der Waals surface area contributed by atoms with Gasteiger partial charge in [0.25, 0.3) is 0 Å². The van der Waals surface area contributed by atoms with E-state index in [1.54, 1.807) is 0 Å². The van der Waals surface area contributed by atoms with Crippen LogP contribution in [0.3, 0.4) is 0 Å². The van der Waals surface area contributed by atoms with E-state index in [1.165, 1.54) is 87.7 Å². The normalized spacial score (nSPS) is 11.9. The molecule has 0 bridgehead atoms. The molecule has 0 radical (unpaired) electrons. The molecule has 57 heavy (non-hydrogen) atoms. The molecule has 0 aliphatic rings. The first-order chi connectivity index (χ1) is 28.3. The van der Waals surface area contributed by atoms with Gasteiger partial charge >= 0.3 is 0 Å². The summed E-state index contributed by atoms with van der Waals surface area (Å²) in [5.74, 6) is 0. The maximum Gasteiger partial charge on any atom is 0.0641 e. The molecule has 3 heterocycles. The maximum atomic E-state index is 2.48. The van der Waals surface area contributed by atoms with E-state index in [-0.39, 0.29) is 0 Å². The summed E-state index contributed by atoms with van der Waals surface area (Å²) in [6.07, 6.45) is 0. The molecule has 0 saturated carbocycles. The van der Waals surface area contributed by atoms with Crippen molar-refractivity contribution in [3.63, 3.8) is 0 Å². The fourth-order valence-corrected chi connectivity index (χ4v) is 9.42. The van der Waals surface area contributed by atoms with E-state index in [9.17, 15) is 0 Å². The zero-order valence-electron chi connectivity index (χ0n) is 31.0. The molecule has 0 aliphatic carbocycles. The Balaban J connectivity index is 1.13. The lowest BCUT2D eigenvalue weighted by molar-refractivity contribution is 1.17. The highest BCUT2D eigenvalue weighted by Gasteiger charge is 2.22. The summed E-state index contributed by atoms with van der Waals surface area (Å²) in [6, 6.07) is 77.4. The molecular formula is C54H35N3. The number of fused-ring (bicyclic) bond motifs is 10. The van der Waals surface area contributed by atoms with Crippen molar-refractivity contribution < 1.29 is 0 Å². The summed E-state index contributed by atoms with van der Waals surface area (Å²) in [5, 5.41) is 7.49. The number of benzene rings is 9. The van der Waals surface area contributed by atoms with Crippen LogP contribution in [0.5, 0.6) is 0 Å². The Morgan fingerprint density at radius 3 is 1.44 bits per heavy atom. The molecule has 0 fully saturated rings. The molecule has 0 atom stereocenters. The molecule has 3 aromatic heterocycles. The van der Waals surface area contributed by atoms with Crippen molar-refractivity contribution in [1.82, 2.24) is 13.7 Å². The molecule has 266 valence electrons. The number of hydrogen-bond donors (Lipinski definition) is 0. The Morgan fingerprint density at radius 1 is 0.246 bits per heavy atom. The molecule has 0 saturated heterocycles. The average Bonchev–Trinajstić information content (AvgIpc) is 3.93. The van der Waals surface area contributed by atoms with Gasteiger partial charge < -0.3 is 13.7 Å². The van der Waals surface area contributed by atoms with Crippen molar-refractivity contribution in [2.45, 2.75) is 0 Å². The molecule has 0 spiro atoms. The summed E-state index contributed by atoms with van der Waals surface area (Å²) < 4.78 is 7.37. The number of hydrogen-bond acceptors (Lipinski definition) is 0. The molecule has 9 aromatic carbocycles. The predicted molar refractivity (Wildman–Crippen MR) is 240 cm³/mol. The average molecular weight is 726 g/mol. The first-order valence-corrected chi connectivity index (χ1v) is 19.6. The van der Waals surface area contributed by atoms with Crippen molar-refractivity contribution in [3.05, 3.63) is 212 Å². The summed E-state index contributed by atoms with van der Waals surface area (Å²) in [7, 11) is 0. The first-order valence-electron chi connectivity index (χ1n) is 19.6. The topological polar surface area (TPSA) is 14.8 Å². The van der Waals surface area contributed by atoms with Crippen LogP contribution in [-0.4, -0.2) is 13.7 Å². The van der Waals surface area contributed by atoms with E-state index >= 15 is 0 Å². The summed E-state index contributed by atoms with van der Waals surface area (Å²) in [6.45, 7) is 0. The third-order valence-corrected chi connectivity index (χ3v) is 11.8. The van der Waals surface area contributed by atoms with Crippen LogP contribution in [0.1, 0.15) is 0 Å². The van der Waals surface area contributed by atoms with Crippen LogP contribution in [0, 0.1) is 0 Å². The van der Waals surface area contributed by atoms with Gasteiger partial charge in [-0.2, -0.15) is 0 Å². The molecule has 0 aliphatic heterocycles.